The van der Waals surface area contributed by atoms with Crippen LogP contribution in [0.5, 0.6) is 0 Å². The SMILES string of the molecule is CN1C2=C(CCC=C2)C(=C(OP(=O)=S)c2ccc(Cl)cc2)c2ccccc21.[Na].[Na]. The molecule has 3 nitrogen and oxygen atoms in total. The van der Waals surface area contributed by atoms with Gasteiger partial charge in [-0.25, -0.2) is 4.57 Å². The van der Waals surface area contributed by atoms with Gasteiger partial charge in [0.15, 0.2) is 5.76 Å². The molecule has 8 heteroatoms. The molecule has 0 amide bonds. The van der Waals surface area contributed by atoms with Crippen LogP contribution in [0.15, 0.2) is 72.0 Å². The summed E-state index contributed by atoms with van der Waals surface area (Å²) in [7, 11) is 2.07. The third-order valence-corrected chi connectivity index (χ3v) is 5.65. The average molecular weight is 460 g/mol. The zero-order valence-corrected chi connectivity index (χ0v) is 23.2. The van der Waals surface area contributed by atoms with Crippen LogP contribution in [-0.2, 0) is 20.9 Å². The second-order valence-corrected chi connectivity index (χ2v) is 8.37. The van der Waals surface area contributed by atoms with Gasteiger partial charge >= 0.3 is 6.80 Å². The minimum absolute atomic E-state index is 0. The number of para-hydroxylation sites is 1. The Morgan fingerprint density at radius 2 is 1.83 bits per heavy atom. The fourth-order valence-corrected chi connectivity index (χ4v) is 4.36. The van der Waals surface area contributed by atoms with Crippen molar-refractivity contribution in [2.45, 2.75) is 12.8 Å². The maximum Gasteiger partial charge on any atom is 0.368 e. The number of allylic oxidation sites excluding steroid dienone is 4. The number of hydrogen-bond acceptors (Lipinski definition) is 4. The van der Waals surface area contributed by atoms with Gasteiger partial charge in [0.25, 0.3) is 0 Å². The predicted octanol–water partition coefficient (Wildman–Crippen LogP) is 5.72. The first-order valence-corrected chi connectivity index (χ1v) is 11.2. The van der Waals surface area contributed by atoms with Crippen LogP contribution < -0.4 is 4.90 Å². The molecule has 1 atom stereocenters. The molecule has 4 rings (SSSR count). The fourth-order valence-electron chi connectivity index (χ4n) is 3.67. The van der Waals surface area contributed by atoms with Crippen LogP contribution in [0.1, 0.15) is 24.0 Å². The molecule has 0 fully saturated rings. The van der Waals surface area contributed by atoms with Gasteiger partial charge in [-0.3, -0.25) is 0 Å². The molecule has 0 aromatic heterocycles. The quantitative estimate of drug-likeness (QED) is 0.333. The Hall–Kier alpha value is -0.130. The molecule has 0 saturated heterocycles. The molecule has 2 aliphatic rings. The van der Waals surface area contributed by atoms with Crippen LogP contribution in [0.4, 0.5) is 5.69 Å². The van der Waals surface area contributed by atoms with Crippen molar-refractivity contribution >= 4 is 106 Å². The van der Waals surface area contributed by atoms with Crippen molar-refractivity contribution in [3.8, 4) is 0 Å². The molecule has 1 heterocycles. The van der Waals surface area contributed by atoms with E-state index in [0.29, 0.717) is 10.8 Å². The van der Waals surface area contributed by atoms with Gasteiger partial charge < -0.3 is 9.42 Å². The van der Waals surface area contributed by atoms with E-state index in [1.807, 2.05) is 24.3 Å². The van der Waals surface area contributed by atoms with E-state index in [1.165, 1.54) is 5.57 Å². The van der Waals surface area contributed by atoms with E-state index in [4.69, 9.17) is 27.9 Å². The smallest absolute Gasteiger partial charge is 0.368 e. The van der Waals surface area contributed by atoms with Crippen LogP contribution in [0.3, 0.4) is 0 Å². The van der Waals surface area contributed by atoms with Gasteiger partial charge in [-0.15, -0.1) is 0 Å². The second kappa shape index (κ2) is 10.9. The Morgan fingerprint density at radius 3 is 2.52 bits per heavy atom. The zero-order valence-electron chi connectivity index (χ0n) is 16.7. The number of benzene rings is 2. The van der Waals surface area contributed by atoms with E-state index in [9.17, 15) is 4.57 Å². The summed E-state index contributed by atoms with van der Waals surface area (Å²) in [5.41, 5.74) is 6.19. The van der Waals surface area contributed by atoms with Gasteiger partial charge in [-0.1, -0.05) is 35.9 Å². The number of rotatable bonds is 3. The molecular weight excluding hydrogens is 443 g/mol. The Bertz CT molecular complexity index is 1070. The van der Waals surface area contributed by atoms with E-state index in [0.717, 1.165) is 40.9 Å². The van der Waals surface area contributed by atoms with Gasteiger partial charge in [0, 0.05) is 111 Å². The number of fused-ring (bicyclic) bond motifs is 1. The molecule has 1 aliphatic carbocycles. The Balaban J connectivity index is 0.00000150. The normalized spacial score (nSPS) is 16.8. The Morgan fingerprint density at radius 1 is 1.14 bits per heavy atom. The molecule has 2 aromatic rings. The Kier molecular flexibility index (Phi) is 9.49. The van der Waals surface area contributed by atoms with E-state index in [-0.39, 0.29) is 59.1 Å². The topological polar surface area (TPSA) is 29.5 Å². The van der Waals surface area contributed by atoms with Crippen molar-refractivity contribution in [2.24, 2.45) is 0 Å². The van der Waals surface area contributed by atoms with Gasteiger partial charge in [-0.05, 0) is 54.8 Å². The number of halogens is 1. The first kappa shape index (κ1) is 25.1. The monoisotopic (exact) mass is 459 g/mol. The molecule has 1 unspecified atom stereocenters. The summed E-state index contributed by atoms with van der Waals surface area (Å²) < 4.78 is 17.7. The first-order valence-electron chi connectivity index (χ1n) is 8.62. The molecule has 29 heavy (non-hydrogen) atoms. The molecular formula is C21H17ClNNa2O2PS. The predicted molar refractivity (Wildman–Crippen MR) is 126 cm³/mol. The molecule has 0 N–H and O–H groups in total. The minimum Gasteiger partial charge on any atom is -0.406 e. The second-order valence-electron chi connectivity index (χ2n) is 6.41. The van der Waals surface area contributed by atoms with E-state index in [1.54, 1.807) is 12.1 Å². The third kappa shape index (κ3) is 5.20. The van der Waals surface area contributed by atoms with Crippen LogP contribution in [0.25, 0.3) is 11.3 Å². The fraction of sp³-hybridized carbons (Fsp3) is 0.143. The van der Waals surface area contributed by atoms with Crippen molar-refractivity contribution < 1.29 is 9.09 Å². The molecule has 0 saturated carbocycles. The molecule has 1 aliphatic heterocycles. The van der Waals surface area contributed by atoms with Gasteiger partial charge in [0.2, 0.25) is 0 Å². The first-order chi connectivity index (χ1) is 13.1. The van der Waals surface area contributed by atoms with Crippen LogP contribution in [-0.4, -0.2) is 66.2 Å². The summed E-state index contributed by atoms with van der Waals surface area (Å²) in [4.78, 5) is 2.19. The molecule has 0 spiro atoms. The van der Waals surface area contributed by atoms with Crippen molar-refractivity contribution in [3.63, 3.8) is 0 Å². The van der Waals surface area contributed by atoms with E-state index in [2.05, 4.69) is 36.2 Å². The number of nitrogens with zero attached hydrogens (tertiary/aromatic N) is 1. The van der Waals surface area contributed by atoms with Crippen LogP contribution in [0.2, 0.25) is 5.02 Å². The van der Waals surface area contributed by atoms with Gasteiger partial charge in [-0.2, -0.15) is 0 Å². The number of likely N-dealkylation sites (N-methyl/N-ethyl adjacent to an activating group) is 1. The molecule has 2 radical (unpaired) electrons. The summed E-state index contributed by atoms with van der Waals surface area (Å²) in [5.74, 6) is 0.547. The number of anilines is 1. The van der Waals surface area contributed by atoms with E-state index < -0.39 is 6.80 Å². The van der Waals surface area contributed by atoms with Gasteiger partial charge in [0.1, 0.15) is 0 Å². The van der Waals surface area contributed by atoms with Crippen molar-refractivity contribution in [1.29, 1.82) is 0 Å². The summed E-state index contributed by atoms with van der Waals surface area (Å²) >= 11 is 11.0. The minimum atomic E-state index is -2.23. The zero-order chi connectivity index (χ0) is 19.0. The largest absolute Gasteiger partial charge is 0.406 e. The maximum atomic E-state index is 11.9. The number of hydrogen-bond donors (Lipinski definition) is 0. The average Bonchev–Trinajstić information content (AvgIpc) is 2.68. The van der Waals surface area contributed by atoms with Crippen molar-refractivity contribution in [2.75, 3.05) is 11.9 Å². The van der Waals surface area contributed by atoms with Crippen molar-refractivity contribution in [3.05, 3.63) is 88.1 Å². The molecule has 0 bridgehead atoms. The Labute approximate surface area is 226 Å². The van der Waals surface area contributed by atoms with Crippen LogP contribution >= 0.6 is 18.4 Å². The van der Waals surface area contributed by atoms with Crippen LogP contribution in [0, 0.1) is 0 Å². The van der Waals surface area contributed by atoms with E-state index >= 15 is 0 Å². The van der Waals surface area contributed by atoms with Gasteiger partial charge in [0.05, 0.1) is 0 Å². The standard InChI is InChI=1S/C21H17ClNO2PS.2Na/c1-23-18-8-4-2-6-16(18)20(17-7-3-5-9-19(17)23)21(25-26(24)27)14-10-12-15(22)13-11-14;;/h2,4-6,8-13H,3,7H2,1H3;;. The van der Waals surface area contributed by atoms with Crippen molar-refractivity contribution in [1.82, 2.24) is 0 Å². The summed E-state index contributed by atoms with van der Waals surface area (Å²) in [5, 5.41) is 0.634. The third-order valence-electron chi connectivity index (χ3n) is 4.84. The summed E-state index contributed by atoms with van der Waals surface area (Å²) in [6, 6.07) is 15.5. The molecule has 138 valence electrons. The molecule has 2 aromatic carbocycles. The maximum absolute atomic E-state index is 11.9. The summed E-state index contributed by atoms with van der Waals surface area (Å²) in [6.07, 6.45) is 6.15. The summed E-state index contributed by atoms with van der Waals surface area (Å²) in [6.45, 7) is -2.23.